The molecule has 4 nitrogen and oxygen atoms in total. The maximum absolute atomic E-state index is 5.09. The van der Waals surface area contributed by atoms with Crippen LogP contribution in [0.3, 0.4) is 0 Å². The van der Waals surface area contributed by atoms with Gasteiger partial charge in [-0.25, -0.2) is 19.9 Å². The van der Waals surface area contributed by atoms with Crippen LogP contribution in [0.4, 0.5) is 0 Å². The normalized spacial score (nSPS) is 12.9. The summed E-state index contributed by atoms with van der Waals surface area (Å²) >= 11 is 3.68. The lowest BCUT2D eigenvalue weighted by molar-refractivity contribution is 0.661. The standard InChI is InChI=1S/C55H36N4S2/c1-55(2)44-29-30-46-50(61-54(56-46)35-19-10-5-11-20-35)47(44)43-28-27-37(32-45(43)55)40-24-14-26-42-41-25-13-23-39(48(41)60-49(40)42)36-21-12-22-38(31-36)53-58-51(33-15-6-3-7-16-33)57-52(59-53)34-17-8-4-9-18-34/h3-32H,1-2H3. The Kier molecular flexibility index (Phi) is 8.21. The van der Waals surface area contributed by atoms with E-state index in [0.717, 1.165) is 38.3 Å². The fourth-order valence-electron chi connectivity index (χ4n) is 9.11. The minimum Gasteiger partial charge on any atom is -0.236 e. The van der Waals surface area contributed by atoms with Crippen molar-refractivity contribution < 1.29 is 0 Å². The molecule has 61 heavy (non-hydrogen) atoms. The third-order valence-corrected chi connectivity index (χ3v) is 14.6. The Morgan fingerprint density at radius 2 is 0.885 bits per heavy atom. The van der Waals surface area contributed by atoms with Gasteiger partial charge in [0.2, 0.25) is 0 Å². The van der Waals surface area contributed by atoms with Crippen LogP contribution in [-0.4, -0.2) is 19.9 Å². The van der Waals surface area contributed by atoms with Crippen LogP contribution < -0.4 is 0 Å². The minimum absolute atomic E-state index is 0.153. The van der Waals surface area contributed by atoms with Gasteiger partial charge in [0.05, 0.1) is 10.2 Å². The molecule has 0 saturated heterocycles. The summed E-state index contributed by atoms with van der Waals surface area (Å²) in [6, 6.07) is 64.6. The van der Waals surface area contributed by atoms with Crippen LogP contribution in [0.1, 0.15) is 25.0 Å². The van der Waals surface area contributed by atoms with Crippen molar-refractivity contribution in [1.82, 2.24) is 19.9 Å². The molecule has 6 heteroatoms. The SMILES string of the molecule is CC1(C)c2cc(-c3cccc4c3sc3c(-c5cccc(-c6nc(-c7ccccc7)nc(-c7ccccc7)n6)c5)cccc34)ccc2-c2c1ccc1nc(-c3ccccc3)sc21. The van der Waals surface area contributed by atoms with Gasteiger partial charge in [-0.2, -0.15) is 0 Å². The van der Waals surface area contributed by atoms with E-state index in [-0.39, 0.29) is 5.41 Å². The first-order valence-electron chi connectivity index (χ1n) is 20.5. The van der Waals surface area contributed by atoms with Gasteiger partial charge in [-0.1, -0.05) is 178 Å². The molecule has 0 unspecified atom stereocenters. The predicted molar refractivity (Wildman–Crippen MR) is 256 cm³/mol. The topological polar surface area (TPSA) is 51.6 Å². The van der Waals surface area contributed by atoms with Crippen molar-refractivity contribution in [2.24, 2.45) is 0 Å². The Balaban J connectivity index is 0.958. The molecular formula is C55H36N4S2. The van der Waals surface area contributed by atoms with Crippen molar-refractivity contribution in [3.63, 3.8) is 0 Å². The molecule has 0 amide bonds. The molecule has 1 aliphatic rings. The van der Waals surface area contributed by atoms with Crippen LogP contribution in [0, 0.1) is 0 Å². The fraction of sp³-hybridized carbons (Fsp3) is 0.0545. The van der Waals surface area contributed by atoms with Gasteiger partial charge in [0.1, 0.15) is 5.01 Å². The highest BCUT2D eigenvalue weighted by Gasteiger charge is 2.37. The summed E-state index contributed by atoms with van der Waals surface area (Å²) in [5.74, 6) is 1.96. The van der Waals surface area contributed by atoms with Crippen LogP contribution in [0.5, 0.6) is 0 Å². The predicted octanol–water partition coefficient (Wildman–Crippen LogP) is 15.2. The van der Waals surface area contributed by atoms with Crippen LogP contribution >= 0.6 is 22.7 Å². The molecule has 0 N–H and O–H groups in total. The molecule has 0 aliphatic heterocycles. The van der Waals surface area contributed by atoms with Gasteiger partial charge in [-0.15, -0.1) is 22.7 Å². The Bertz CT molecular complexity index is 3440. The Hall–Kier alpha value is -7.12. The quantitative estimate of drug-likeness (QED) is 0.168. The van der Waals surface area contributed by atoms with Crippen molar-refractivity contribution >= 4 is 53.1 Å². The first-order valence-corrected chi connectivity index (χ1v) is 22.2. The summed E-state index contributed by atoms with van der Waals surface area (Å²) < 4.78 is 3.83. The summed E-state index contributed by atoms with van der Waals surface area (Å²) in [5.41, 5.74) is 15.1. The molecule has 12 rings (SSSR count). The van der Waals surface area contributed by atoms with Crippen molar-refractivity contribution in [2.45, 2.75) is 19.3 Å². The number of aromatic nitrogens is 4. The second kappa shape index (κ2) is 14.0. The summed E-state index contributed by atoms with van der Waals surface area (Å²) in [6.45, 7) is 4.74. The highest BCUT2D eigenvalue weighted by Crippen LogP contribution is 2.54. The van der Waals surface area contributed by atoms with Crippen LogP contribution in [0.15, 0.2) is 182 Å². The van der Waals surface area contributed by atoms with E-state index >= 15 is 0 Å². The van der Waals surface area contributed by atoms with Gasteiger partial charge < -0.3 is 0 Å². The maximum atomic E-state index is 5.09. The van der Waals surface area contributed by atoms with Gasteiger partial charge in [0.15, 0.2) is 17.5 Å². The number of hydrogen-bond donors (Lipinski definition) is 0. The summed E-state index contributed by atoms with van der Waals surface area (Å²) in [6.07, 6.45) is 0. The van der Waals surface area contributed by atoms with Crippen molar-refractivity contribution in [2.75, 3.05) is 0 Å². The number of nitrogens with zero attached hydrogens (tertiary/aromatic N) is 4. The molecular weight excluding hydrogens is 781 g/mol. The molecule has 1 aliphatic carbocycles. The van der Waals surface area contributed by atoms with E-state index in [2.05, 4.69) is 135 Å². The zero-order valence-electron chi connectivity index (χ0n) is 33.4. The first kappa shape index (κ1) is 35.8. The number of hydrogen-bond acceptors (Lipinski definition) is 6. The maximum Gasteiger partial charge on any atom is 0.164 e. The molecule has 8 aromatic carbocycles. The van der Waals surface area contributed by atoms with E-state index in [1.165, 1.54) is 63.8 Å². The van der Waals surface area contributed by atoms with Gasteiger partial charge in [-0.05, 0) is 57.1 Å². The Morgan fingerprint density at radius 3 is 1.51 bits per heavy atom. The largest absolute Gasteiger partial charge is 0.236 e. The second-order valence-corrected chi connectivity index (χ2v) is 18.2. The Labute approximate surface area is 361 Å². The van der Waals surface area contributed by atoms with Crippen LogP contribution in [-0.2, 0) is 5.41 Å². The summed E-state index contributed by atoms with van der Waals surface area (Å²) in [4.78, 5) is 20.1. The summed E-state index contributed by atoms with van der Waals surface area (Å²) in [5, 5.41) is 3.60. The molecule has 0 atom stereocenters. The fourth-order valence-corrected chi connectivity index (χ4v) is 11.6. The molecule has 0 fully saturated rings. The lowest BCUT2D eigenvalue weighted by Crippen LogP contribution is -2.14. The number of benzene rings is 8. The average Bonchev–Trinajstić information content (AvgIpc) is 4.00. The van der Waals surface area contributed by atoms with E-state index in [0.29, 0.717) is 17.5 Å². The van der Waals surface area contributed by atoms with Crippen LogP contribution in [0.25, 0.3) is 109 Å². The van der Waals surface area contributed by atoms with E-state index in [9.17, 15) is 0 Å². The molecule has 0 saturated carbocycles. The molecule has 288 valence electrons. The number of rotatable bonds is 6. The Morgan fingerprint density at radius 1 is 0.361 bits per heavy atom. The van der Waals surface area contributed by atoms with Crippen LogP contribution in [0.2, 0.25) is 0 Å². The average molecular weight is 817 g/mol. The third kappa shape index (κ3) is 5.86. The highest BCUT2D eigenvalue weighted by atomic mass is 32.1. The van der Waals surface area contributed by atoms with Crippen molar-refractivity contribution in [3.05, 3.63) is 193 Å². The second-order valence-electron chi connectivity index (χ2n) is 16.2. The van der Waals surface area contributed by atoms with E-state index in [1.807, 2.05) is 72.0 Å². The van der Waals surface area contributed by atoms with Gasteiger partial charge in [0.25, 0.3) is 0 Å². The monoisotopic (exact) mass is 816 g/mol. The zero-order chi connectivity index (χ0) is 40.7. The lowest BCUT2D eigenvalue weighted by Gasteiger charge is -2.22. The zero-order valence-corrected chi connectivity index (χ0v) is 35.1. The first-order chi connectivity index (χ1) is 30.0. The van der Waals surface area contributed by atoms with Gasteiger partial charge in [0, 0.05) is 53.4 Å². The van der Waals surface area contributed by atoms with Crippen molar-refractivity contribution in [1.29, 1.82) is 0 Å². The number of thiophene rings is 1. The minimum atomic E-state index is -0.153. The molecule has 0 radical (unpaired) electrons. The molecule has 3 aromatic heterocycles. The molecule has 0 spiro atoms. The highest BCUT2D eigenvalue weighted by molar-refractivity contribution is 7.27. The molecule has 3 heterocycles. The van der Waals surface area contributed by atoms with Crippen molar-refractivity contribution in [3.8, 4) is 78.1 Å². The van der Waals surface area contributed by atoms with E-state index in [1.54, 1.807) is 11.3 Å². The number of thiazole rings is 1. The van der Waals surface area contributed by atoms with Gasteiger partial charge in [-0.3, -0.25) is 0 Å². The smallest absolute Gasteiger partial charge is 0.164 e. The molecule has 0 bridgehead atoms. The van der Waals surface area contributed by atoms with Gasteiger partial charge >= 0.3 is 0 Å². The lowest BCUT2D eigenvalue weighted by atomic mass is 9.81. The third-order valence-electron chi connectivity index (χ3n) is 12.2. The number of fused-ring (bicyclic) bond motifs is 8. The van der Waals surface area contributed by atoms with E-state index in [4.69, 9.17) is 19.9 Å². The summed E-state index contributed by atoms with van der Waals surface area (Å²) in [7, 11) is 0. The molecule has 11 aromatic rings. The van der Waals surface area contributed by atoms with E-state index < -0.39 is 0 Å².